The molecule has 0 saturated carbocycles. The van der Waals surface area contributed by atoms with Crippen molar-refractivity contribution in [2.75, 3.05) is 19.0 Å². The molecule has 1 aliphatic rings. The monoisotopic (exact) mass is 242 g/mol. The van der Waals surface area contributed by atoms with Crippen molar-refractivity contribution in [2.24, 2.45) is 0 Å². The fourth-order valence-electron chi connectivity index (χ4n) is 2.47. The summed E-state index contributed by atoms with van der Waals surface area (Å²) in [5.74, 6) is 0. The molecule has 1 saturated heterocycles. The molecule has 1 aromatic rings. The van der Waals surface area contributed by atoms with E-state index >= 15 is 0 Å². The summed E-state index contributed by atoms with van der Waals surface area (Å²) >= 11 is 5.87. The predicted octanol–water partition coefficient (Wildman–Crippen LogP) is 3.99. The Labute approximate surface area is 96.2 Å². The molecule has 15 heavy (non-hydrogen) atoms. The van der Waals surface area contributed by atoms with Crippen LogP contribution in [-0.4, -0.2) is 19.0 Å². The predicted molar refractivity (Wildman–Crippen MR) is 66.7 cm³/mol. The number of benzene rings is 1. The SMILES string of the molecule is C[C@@]1(c2ccc(Cl)cc2)CC[P@](C)(=O)C1. The summed E-state index contributed by atoms with van der Waals surface area (Å²) < 4.78 is 12.0. The molecule has 0 aliphatic carbocycles. The van der Waals surface area contributed by atoms with Crippen molar-refractivity contribution in [3.05, 3.63) is 34.9 Å². The Bertz CT molecular complexity index is 412. The Morgan fingerprint density at radius 2 is 1.93 bits per heavy atom. The van der Waals surface area contributed by atoms with Crippen LogP contribution in [0.5, 0.6) is 0 Å². The van der Waals surface area contributed by atoms with E-state index in [4.69, 9.17) is 11.6 Å². The lowest BCUT2D eigenvalue weighted by atomic mass is 9.82. The summed E-state index contributed by atoms with van der Waals surface area (Å²) in [5.41, 5.74) is 1.36. The number of hydrogen-bond donors (Lipinski definition) is 0. The van der Waals surface area contributed by atoms with E-state index in [1.807, 2.05) is 18.8 Å². The van der Waals surface area contributed by atoms with Crippen molar-refractivity contribution >= 4 is 18.7 Å². The van der Waals surface area contributed by atoms with Gasteiger partial charge in [0, 0.05) is 17.3 Å². The van der Waals surface area contributed by atoms with E-state index in [-0.39, 0.29) is 5.41 Å². The van der Waals surface area contributed by atoms with Crippen LogP contribution in [0.2, 0.25) is 5.02 Å². The average molecular weight is 243 g/mol. The molecular formula is C12H16ClOP. The molecule has 1 fully saturated rings. The van der Waals surface area contributed by atoms with Crippen LogP contribution in [0.15, 0.2) is 24.3 Å². The van der Waals surface area contributed by atoms with Gasteiger partial charge in [0.25, 0.3) is 0 Å². The van der Waals surface area contributed by atoms with Crippen molar-refractivity contribution < 1.29 is 4.57 Å². The Hall–Kier alpha value is -0.260. The van der Waals surface area contributed by atoms with Crippen LogP contribution in [-0.2, 0) is 9.98 Å². The third kappa shape index (κ3) is 2.29. The van der Waals surface area contributed by atoms with Crippen molar-refractivity contribution in [3.8, 4) is 0 Å². The molecule has 1 heterocycles. The molecule has 82 valence electrons. The first-order chi connectivity index (χ1) is 6.91. The zero-order valence-corrected chi connectivity index (χ0v) is 10.8. The van der Waals surface area contributed by atoms with Crippen LogP contribution in [0.25, 0.3) is 0 Å². The summed E-state index contributed by atoms with van der Waals surface area (Å²) in [4.78, 5) is 0. The normalized spacial score (nSPS) is 35.7. The number of hydrogen-bond acceptors (Lipinski definition) is 1. The highest BCUT2D eigenvalue weighted by Gasteiger charge is 2.40. The van der Waals surface area contributed by atoms with Gasteiger partial charge in [-0.15, -0.1) is 0 Å². The Morgan fingerprint density at radius 3 is 2.40 bits per heavy atom. The lowest BCUT2D eigenvalue weighted by Gasteiger charge is -2.24. The van der Waals surface area contributed by atoms with Gasteiger partial charge in [-0.1, -0.05) is 30.7 Å². The van der Waals surface area contributed by atoms with E-state index < -0.39 is 7.14 Å². The molecule has 0 spiro atoms. The van der Waals surface area contributed by atoms with E-state index in [1.165, 1.54) is 5.56 Å². The fraction of sp³-hybridized carbons (Fsp3) is 0.500. The van der Waals surface area contributed by atoms with Gasteiger partial charge in [-0.3, -0.25) is 0 Å². The third-order valence-electron chi connectivity index (χ3n) is 3.36. The molecule has 0 bridgehead atoms. The van der Waals surface area contributed by atoms with Crippen molar-refractivity contribution in [1.82, 2.24) is 0 Å². The number of rotatable bonds is 1. The maximum Gasteiger partial charge on any atom is 0.0857 e. The van der Waals surface area contributed by atoms with E-state index in [9.17, 15) is 4.57 Å². The number of halogens is 1. The van der Waals surface area contributed by atoms with Crippen LogP contribution in [0.1, 0.15) is 18.9 Å². The van der Waals surface area contributed by atoms with Crippen molar-refractivity contribution in [1.29, 1.82) is 0 Å². The zero-order valence-electron chi connectivity index (χ0n) is 9.16. The summed E-state index contributed by atoms with van der Waals surface area (Å²) in [6.07, 6.45) is 2.75. The smallest absolute Gasteiger partial charge is 0.0857 e. The van der Waals surface area contributed by atoms with Crippen LogP contribution in [0.3, 0.4) is 0 Å². The molecule has 3 heteroatoms. The van der Waals surface area contributed by atoms with Crippen molar-refractivity contribution in [2.45, 2.75) is 18.8 Å². The van der Waals surface area contributed by atoms with Crippen LogP contribution in [0, 0.1) is 0 Å². The molecule has 1 aliphatic heterocycles. The second-order valence-corrected chi connectivity index (χ2v) is 8.79. The quantitative estimate of drug-likeness (QED) is 0.681. The van der Waals surface area contributed by atoms with E-state index in [1.54, 1.807) is 0 Å². The molecular weight excluding hydrogens is 227 g/mol. The minimum atomic E-state index is -1.88. The maximum atomic E-state index is 12.0. The second-order valence-electron chi connectivity index (χ2n) is 5.00. The standard InChI is InChI=1S/C12H16ClOP/c1-12(7-8-15(2,14)9-12)10-3-5-11(13)6-4-10/h3-6H,7-9H2,1-2H3/t12-,15+/m1/s1. The first kappa shape index (κ1) is 11.2. The summed E-state index contributed by atoms with van der Waals surface area (Å²) in [7, 11) is -1.88. The van der Waals surface area contributed by atoms with Gasteiger partial charge < -0.3 is 4.57 Å². The molecule has 0 N–H and O–H groups in total. The fourth-order valence-corrected chi connectivity index (χ4v) is 5.54. The molecule has 0 unspecified atom stereocenters. The van der Waals surface area contributed by atoms with Crippen LogP contribution in [0.4, 0.5) is 0 Å². The molecule has 2 rings (SSSR count). The van der Waals surface area contributed by atoms with Gasteiger partial charge in [-0.25, -0.2) is 0 Å². The molecule has 2 atom stereocenters. The van der Waals surface area contributed by atoms with E-state index in [2.05, 4.69) is 19.1 Å². The average Bonchev–Trinajstić information content (AvgIpc) is 2.43. The summed E-state index contributed by atoms with van der Waals surface area (Å²) in [6, 6.07) is 7.96. The van der Waals surface area contributed by atoms with Crippen LogP contribution >= 0.6 is 18.7 Å². The minimum Gasteiger partial charge on any atom is -0.324 e. The van der Waals surface area contributed by atoms with E-state index in [0.717, 1.165) is 23.8 Å². The molecule has 0 aromatic heterocycles. The van der Waals surface area contributed by atoms with Gasteiger partial charge in [0.2, 0.25) is 0 Å². The molecule has 1 nitrogen and oxygen atoms in total. The zero-order chi connectivity index (χ0) is 11.1. The van der Waals surface area contributed by atoms with E-state index in [0.29, 0.717) is 0 Å². The highest BCUT2D eigenvalue weighted by atomic mass is 35.5. The third-order valence-corrected chi connectivity index (χ3v) is 6.15. The van der Waals surface area contributed by atoms with Crippen LogP contribution < -0.4 is 0 Å². The molecule has 0 amide bonds. The lowest BCUT2D eigenvalue weighted by molar-refractivity contribution is 0.536. The van der Waals surface area contributed by atoms with Crippen molar-refractivity contribution in [3.63, 3.8) is 0 Å². The largest absolute Gasteiger partial charge is 0.324 e. The lowest BCUT2D eigenvalue weighted by Crippen LogP contribution is -2.20. The Kier molecular flexibility index (Phi) is 2.73. The van der Waals surface area contributed by atoms with Gasteiger partial charge in [-0.2, -0.15) is 0 Å². The Balaban J connectivity index is 2.31. The van der Waals surface area contributed by atoms with Gasteiger partial charge in [-0.05, 0) is 36.2 Å². The minimum absolute atomic E-state index is 0.0921. The van der Waals surface area contributed by atoms with Gasteiger partial charge in [0.1, 0.15) is 0 Å². The first-order valence-corrected chi connectivity index (χ1v) is 8.13. The highest BCUT2D eigenvalue weighted by Crippen LogP contribution is 2.56. The Morgan fingerprint density at radius 1 is 1.33 bits per heavy atom. The second kappa shape index (κ2) is 3.64. The van der Waals surface area contributed by atoms with Gasteiger partial charge >= 0.3 is 0 Å². The maximum absolute atomic E-state index is 12.0. The van der Waals surface area contributed by atoms with Gasteiger partial charge in [0.05, 0.1) is 7.14 Å². The summed E-state index contributed by atoms with van der Waals surface area (Å²) in [6.45, 7) is 4.13. The molecule has 0 radical (unpaired) electrons. The molecule has 1 aromatic carbocycles. The topological polar surface area (TPSA) is 17.1 Å². The van der Waals surface area contributed by atoms with Gasteiger partial charge in [0.15, 0.2) is 0 Å². The summed E-state index contributed by atoms with van der Waals surface area (Å²) in [5, 5.41) is 0.764. The highest BCUT2D eigenvalue weighted by molar-refractivity contribution is 7.63. The first-order valence-electron chi connectivity index (χ1n) is 5.23.